The summed E-state index contributed by atoms with van der Waals surface area (Å²) in [6.45, 7) is -0.315. The van der Waals surface area contributed by atoms with Gasteiger partial charge in [0.25, 0.3) is 5.91 Å². The summed E-state index contributed by atoms with van der Waals surface area (Å²) in [5.74, 6) is 0.512. The lowest BCUT2D eigenvalue weighted by atomic mass is 9.49. The van der Waals surface area contributed by atoms with E-state index in [-0.39, 0.29) is 16.9 Å². The average Bonchev–Trinajstić information content (AvgIpc) is 2.58. The number of nitriles is 1. The molecule has 4 aliphatic carbocycles. The van der Waals surface area contributed by atoms with Crippen LogP contribution in [-0.2, 0) is 14.3 Å². The number of hydrogen-bond acceptors (Lipinski definition) is 4. The van der Waals surface area contributed by atoms with Crippen LogP contribution < -0.4 is 5.32 Å². The maximum absolute atomic E-state index is 12.8. The minimum Gasteiger partial charge on any atom is -0.455 e. The molecule has 6 heteroatoms. The van der Waals surface area contributed by atoms with E-state index < -0.39 is 11.3 Å². The molecular weight excluding hydrogens is 396 g/mol. The van der Waals surface area contributed by atoms with Crippen molar-refractivity contribution in [2.75, 3.05) is 11.9 Å². The van der Waals surface area contributed by atoms with E-state index in [0.29, 0.717) is 23.1 Å². The Kier molecular flexibility index (Phi) is 4.31. The van der Waals surface area contributed by atoms with Crippen LogP contribution >= 0.6 is 15.9 Å². The zero-order chi connectivity index (χ0) is 18.4. The lowest BCUT2D eigenvalue weighted by Crippen LogP contribution is -2.56. The van der Waals surface area contributed by atoms with Crippen LogP contribution in [0.5, 0.6) is 0 Å². The molecule has 0 aromatic heterocycles. The van der Waals surface area contributed by atoms with E-state index in [2.05, 4.69) is 21.2 Å². The Morgan fingerprint density at radius 3 is 2.58 bits per heavy atom. The summed E-state index contributed by atoms with van der Waals surface area (Å²) in [7, 11) is 0. The van der Waals surface area contributed by atoms with E-state index in [1.54, 1.807) is 24.3 Å². The van der Waals surface area contributed by atoms with Crippen LogP contribution in [0.3, 0.4) is 0 Å². The Bertz CT molecular complexity index is 786. The van der Waals surface area contributed by atoms with E-state index in [9.17, 15) is 9.59 Å². The van der Waals surface area contributed by atoms with Gasteiger partial charge in [-0.2, -0.15) is 5.26 Å². The van der Waals surface area contributed by atoms with Crippen molar-refractivity contribution in [3.63, 3.8) is 0 Å². The fraction of sp³-hybridized carbons (Fsp3) is 0.550. The molecule has 4 aliphatic rings. The number of anilines is 1. The molecule has 4 fully saturated rings. The number of esters is 1. The molecule has 0 radical (unpaired) electrons. The third kappa shape index (κ3) is 3.14. The topological polar surface area (TPSA) is 79.2 Å². The van der Waals surface area contributed by atoms with Gasteiger partial charge >= 0.3 is 5.97 Å². The fourth-order valence-corrected chi connectivity index (χ4v) is 7.00. The van der Waals surface area contributed by atoms with Gasteiger partial charge in [-0.3, -0.25) is 9.59 Å². The highest BCUT2D eigenvalue weighted by Gasteiger charge is 2.60. The number of nitrogens with one attached hydrogen (secondary N) is 1. The molecule has 0 aliphatic heterocycles. The Hall–Kier alpha value is -1.87. The van der Waals surface area contributed by atoms with E-state index in [0.717, 1.165) is 32.1 Å². The van der Waals surface area contributed by atoms with Crippen LogP contribution in [0.15, 0.2) is 24.3 Å². The van der Waals surface area contributed by atoms with Crippen molar-refractivity contribution in [2.45, 2.75) is 42.8 Å². The summed E-state index contributed by atoms with van der Waals surface area (Å²) < 4.78 is 5.50. The van der Waals surface area contributed by atoms with Crippen LogP contribution in [-0.4, -0.2) is 22.8 Å². The molecule has 4 saturated carbocycles. The highest BCUT2D eigenvalue weighted by Crippen LogP contribution is 2.64. The van der Waals surface area contributed by atoms with Gasteiger partial charge in [0.2, 0.25) is 0 Å². The zero-order valence-electron chi connectivity index (χ0n) is 14.5. The number of carbonyl (C=O) groups is 2. The summed E-state index contributed by atoms with van der Waals surface area (Å²) in [6.07, 6.45) is 6.08. The number of alkyl halides is 1. The summed E-state index contributed by atoms with van der Waals surface area (Å²) >= 11 is 3.88. The summed E-state index contributed by atoms with van der Waals surface area (Å²) in [5.41, 5.74) is 0.387. The molecule has 0 heterocycles. The molecule has 136 valence electrons. The first-order valence-corrected chi connectivity index (χ1v) is 9.86. The summed E-state index contributed by atoms with van der Waals surface area (Å²) in [5, 5.41) is 11.7. The Balaban J connectivity index is 1.38. The second-order valence-corrected chi connectivity index (χ2v) is 9.86. The van der Waals surface area contributed by atoms with E-state index >= 15 is 0 Å². The predicted molar refractivity (Wildman–Crippen MR) is 99.5 cm³/mol. The van der Waals surface area contributed by atoms with Gasteiger partial charge in [-0.1, -0.05) is 28.1 Å². The quantitative estimate of drug-likeness (QED) is 0.598. The summed E-state index contributed by atoms with van der Waals surface area (Å²) in [4.78, 5) is 25.0. The third-order valence-corrected chi connectivity index (χ3v) is 7.01. The van der Waals surface area contributed by atoms with Gasteiger partial charge in [0.1, 0.15) is 6.07 Å². The number of hydrogen-bond donors (Lipinski definition) is 1. The first-order valence-electron chi connectivity index (χ1n) is 9.07. The number of ether oxygens (including phenoxy) is 1. The van der Waals surface area contributed by atoms with E-state index in [1.807, 2.05) is 6.07 Å². The van der Waals surface area contributed by atoms with Gasteiger partial charge in [0.15, 0.2) is 6.61 Å². The van der Waals surface area contributed by atoms with Gasteiger partial charge in [-0.25, -0.2) is 0 Å². The minimum absolute atomic E-state index is 0.0735. The molecule has 1 aromatic carbocycles. The number of nitrogens with zero attached hydrogens (tertiary/aromatic N) is 1. The molecule has 4 bridgehead atoms. The smallest absolute Gasteiger partial charge is 0.312 e. The molecule has 0 spiro atoms. The molecule has 1 N–H and O–H groups in total. The van der Waals surface area contributed by atoms with Gasteiger partial charge in [0, 0.05) is 4.32 Å². The Labute approximate surface area is 161 Å². The number of benzene rings is 1. The third-order valence-electron chi connectivity index (χ3n) is 6.08. The second-order valence-electron chi connectivity index (χ2n) is 8.17. The first-order chi connectivity index (χ1) is 12.4. The number of rotatable bonds is 4. The molecule has 2 unspecified atom stereocenters. The first kappa shape index (κ1) is 17.5. The maximum Gasteiger partial charge on any atom is 0.312 e. The number of para-hydroxylation sites is 1. The number of amides is 1. The summed E-state index contributed by atoms with van der Waals surface area (Å²) in [6, 6.07) is 8.80. The van der Waals surface area contributed by atoms with Crippen LogP contribution in [0, 0.1) is 28.6 Å². The van der Waals surface area contributed by atoms with Gasteiger partial charge in [0.05, 0.1) is 16.7 Å². The number of halogens is 1. The van der Waals surface area contributed by atoms with Crippen molar-refractivity contribution >= 4 is 33.5 Å². The molecule has 1 aromatic rings. The lowest BCUT2D eigenvalue weighted by Gasteiger charge is -2.58. The molecular formula is C20H21BrN2O3. The van der Waals surface area contributed by atoms with Crippen molar-refractivity contribution < 1.29 is 14.3 Å². The van der Waals surface area contributed by atoms with E-state index in [4.69, 9.17) is 10.00 Å². The molecule has 5 nitrogen and oxygen atoms in total. The lowest BCUT2D eigenvalue weighted by molar-refractivity contribution is -0.170. The maximum atomic E-state index is 12.8. The molecule has 26 heavy (non-hydrogen) atoms. The van der Waals surface area contributed by atoms with E-state index in [1.165, 1.54) is 6.42 Å². The number of carbonyl (C=O) groups excluding carboxylic acids is 2. The van der Waals surface area contributed by atoms with Crippen LogP contribution in [0.2, 0.25) is 0 Å². The zero-order valence-corrected chi connectivity index (χ0v) is 16.0. The predicted octanol–water partition coefficient (Wildman–Crippen LogP) is 3.77. The average molecular weight is 417 g/mol. The highest BCUT2D eigenvalue weighted by atomic mass is 79.9. The van der Waals surface area contributed by atoms with Crippen LogP contribution in [0.1, 0.15) is 44.1 Å². The standard InChI is InChI=1S/C20H21BrN2O3/c21-20-8-13-5-14(9-20)7-19(6-13,12-20)18(25)26-11-17(24)23-16-4-2-1-3-15(16)10-22/h1-4,13-14H,5-9,11-12H2,(H,23,24)/t13-,14+,19?,20?. The Morgan fingerprint density at radius 1 is 1.23 bits per heavy atom. The minimum atomic E-state index is -0.432. The van der Waals surface area contributed by atoms with Crippen molar-refractivity contribution in [1.82, 2.24) is 0 Å². The highest BCUT2D eigenvalue weighted by molar-refractivity contribution is 9.10. The van der Waals surface area contributed by atoms with Crippen molar-refractivity contribution in [3.8, 4) is 6.07 Å². The van der Waals surface area contributed by atoms with Gasteiger partial charge in [-0.15, -0.1) is 0 Å². The molecule has 1 amide bonds. The molecule has 5 rings (SSSR count). The van der Waals surface area contributed by atoms with Crippen LogP contribution in [0.4, 0.5) is 5.69 Å². The monoisotopic (exact) mass is 416 g/mol. The van der Waals surface area contributed by atoms with Crippen LogP contribution in [0.25, 0.3) is 0 Å². The SMILES string of the molecule is N#Cc1ccccc1NC(=O)COC(=O)C12C[C@@H]3C[C@@H](CC(Br)(C3)C1)C2. The second kappa shape index (κ2) is 6.38. The van der Waals surface area contributed by atoms with Gasteiger partial charge < -0.3 is 10.1 Å². The molecule has 0 saturated heterocycles. The molecule has 4 atom stereocenters. The largest absolute Gasteiger partial charge is 0.455 e. The van der Waals surface area contributed by atoms with Gasteiger partial charge in [-0.05, 0) is 62.5 Å². The van der Waals surface area contributed by atoms with Crippen molar-refractivity contribution in [1.29, 1.82) is 5.26 Å². The van der Waals surface area contributed by atoms with Crippen molar-refractivity contribution in [2.24, 2.45) is 17.3 Å². The van der Waals surface area contributed by atoms with Crippen molar-refractivity contribution in [3.05, 3.63) is 29.8 Å². The normalized spacial score (nSPS) is 34.2. The fourth-order valence-electron chi connectivity index (χ4n) is 5.55. The Morgan fingerprint density at radius 2 is 1.92 bits per heavy atom.